The molecule has 0 spiro atoms. The first-order chi connectivity index (χ1) is 18.7. The van der Waals surface area contributed by atoms with Crippen LogP contribution in [0.25, 0.3) is 0 Å². The Labute approximate surface area is 227 Å². The van der Waals surface area contributed by atoms with Gasteiger partial charge in [-0.15, -0.1) is 0 Å². The average molecular weight is 574 g/mol. The fraction of sp³-hybridized carbons (Fsp3) is 0.500. The Morgan fingerprint density at radius 1 is 0.950 bits per heavy atom. The minimum atomic E-state index is -5.07. The van der Waals surface area contributed by atoms with Crippen LogP contribution >= 0.6 is 0 Å². The number of ketones is 1. The molecule has 4 rings (SSSR count). The molecule has 0 aliphatic carbocycles. The van der Waals surface area contributed by atoms with Crippen molar-refractivity contribution in [2.24, 2.45) is 0 Å². The molecule has 0 saturated carbocycles. The number of carbonyl (C=O) groups is 2. The minimum Gasteiger partial charge on any atom is -0.341 e. The molecular formula is C28H30F7N3O2. The fourth-order valence-corrected chi connectivity index (χ4v) is 5.24. The molecule has 40 heavy (non-hydrogen) atoms. The van der Waals surface area contributed by atoms with Gasteiger partial charge in [0.15, 0.2) is 0 Å². The second-order valence-electron chi connectivity index (χ2n) is 10.5. The van der Waals surface area contributed by atoms with E-state index in [2.05, 4.69) is 9.80 Å². The Bertz CT molecular complexity index is 1170. The summed E-state index contributed by atoms with van der Waals surface area (Å²) in [6.45, 7) is 3.75. The number of carbonyl (C=O) groups excluding carboxylic acids is 2. The number of hydrogen-bond acceptors (Lipinski definition) is 4. The summed E-state index contributed by atoms with van der Waals surface area (Å²) >= 11 is 0. The third-order valence-corrected chi connectivity index (χ3v) is 7.62. The molecular weight excluding hydrogens is 543 g/mol. The molecule has 1 atom stereocenters. The Hall–Kier alpha value is -2.99. The van der Waals surface area contributed by atoms with Crippen molar-refractivity contribution in [1.29, 1.82) is 0 Å². The molecule has 2 aromatic carbocycles. The van der Waals surface area contributed by atoms with E-state index >= 15 is 0 Å². The lowest BCUT2D eigenvalue weighted by Gasteiger charge is -2.47. The van der Waals surface area contributed by atoms with Gasteiger partial charge in [-0.1, -0.05) is 12.1 Å². The van der Waals surface area contributed by atoms with Crippen LogP contribution in [0.3, 0.4) is 0 Å². The zero-order valence-electron chi connectivity index (χ0n) is 21.9. The van der Waals surface area contributed by atoms with Crippen LogP contribution in [0.2, 0.25) is 0 Å². The third kappa shape index (κ3) is 7.39. The van der Waals surface area contributed by atoms with E-state index in [1.807, 2.05) is 0 Å². The van der Waals surface area contributed by atoms with Crippen molar-refractivity contribution in [3.8, 4) is 0 Å². The summed E-state index contributed by atoms with van der Waals surface area (Å²) in [7, 11) is 1.32. The number of piperidine rings is 1. The zero-order chi connectivity index (χ0) is 29.2. The lowest BCUT2D eigenvalue weighted by Crippen LogP contribution is -2.60. The predicted octanol–water partition coefficient (Wildman–Crippen LogP) is 5.46. The SMILES string of the molecule is CN(C[C@@H](CCN1CC(N2CCC(=O)CC2)C1)c1ccc(F)cc1)C(=O)c1cc(C(F)(F)F)cc(C(F)(F)F)c1. The van der Waals surface area contributed by atoms with Crippen LogP contribution in [-0.4, -0.2) is 78.7 Å². The maximum atomic E-state index is 13.6. The second-order valence-corrected chi connectivity index (χ2v) is 10.5. The van der Waals surface area contributed by atoms with Crippen molar-refractivity contribution in [1.82, 2.24) is 14.7 Å². The number of alkyl halides is 6. The number of nitrogens with zero attached hydrogens (tertiary/aromatic N) is 3. The highest BCUT2D eigenvalue weighted by Gasteiger charge is 2.38. The first-order valence-corrected chi connectivity index (χ1v) is 13.0. The standard InChI is InChI=1S/C28H30F7N3O2/c1-36(26(40)20-12-21(27(30,31)32)14-22(13-20)28(33,34)35)15-19(18-2-4-23(29)5-3-18)6-9-37-16-24(17-37)38-10-7-25(39)8-11-38/h2-5,12-14,19,24H,6-11,15-17H2,1H3/t19-/m1/s1. The lowest BCUT2D eigenvalue weighted by molar-refractivity contribution is -0.143. The molecule has 2 aromatic rings. The summed E-state index contributed by atoms with van der Waals surface area (Å²) in [5.74, 6) is -1.50. The quantitative estimate of drug-likeness (QED) is 0.394. The first kappa shape index (κ1) is 30.0. The number of benzene rings is 2. The van der Waals surface area contributed by atoms with E-state index in [0.717, 1.165) is 31.1 Å². The van der Waals surface area contributed by atoms with E-state index in [1.165, 1.54) is 19.2 Å². The molecule has 2 fully saturated rings. The topological polar surface area (TPSA) is 43.9 Å². The second kappa shape index (κ2) is 11.9. The van der Waals surface area contributed by atoms with E-state index in [0.29, 0.717) is 49.5 Å². The monoisotopic (exact) mass is 573 g/mol. The molecule has 2 aliphatic heterocycles. The molecule has 0 unspecified atom stereocenters. The van der Waals surface area contributed by atoms with Crippen LogP contribution in [-0.2, 0) is 17.1 Å². The number of Topliss-reactive ketones (excluding diaryl/α,β-unsaturated/α-hetero) is 1. The minimum absolute atomic E-state index is 0.00751. The van der Waals surface area contributed by atoms with E-state index in [1.54, 1.807) is 12.1 Å². The summed E-state index contributed by atoms with van der Waals surface area (Å²) in [6.07, 6.45) is -8.49. The van der Waals surface area contributed by atoms with Gasteiger partial charge in [-0.25, -0.2) is 4.39 Å². The van der Waals surface area contributed by atoms with Crippen LogP contribution in [0.15, 0.2) is 42.5 Å². The largest absolute Gasteiger partial charge is 0.416 e. The van der Waals surface area contributed by atoms with Crippen molar-refractivity contribution in [3.63, 3.8) is 0 Å². The van der Waals surface area contributed by atoms with Crippen LogP contribution in [0.5, 0.6) is 0 Å². The molecule has 218 valence electrons. The van der Waals surface area contributed by atoms with Gasteiger partial charge >= 0.3 is 12.4 Å². The molecule has 1 amide bonds. The van der Waals surface area contributed by atoms with Gasteiger partial charge in [0.1, 0.15) is 11.6 Å². The van der Waals surface area contributed by atoms with Crippen LogP contribution in [0.1, 0.15) is 52.2 Å². The summed E-state index contributed by atoms with van der Waals surface area (Å²) < 4.78 is 93.4. The number of halogens is 7. The highest BCUT2D eigenvalue weighted by molar-refractivity contribution is 5.94. The summed E-state index contributed by atoms with van der Waals surface area (Å²) in [5.41, 5.74) is -3.13. The van der Waals surface area contributed by atoms with E-state index in [-0.39, 0.29) is 24.3 Å². The molecule has 12 heteroatoms. The van der Waals surface area contributed by atoms with Gasteiger partial charge in [0, 0.05) is 70.1 Å². The molecule has 2 saturated heterocycles. The summed E-state index contributed by atoms with van der Waals surface area (Å²) in [4.78, 5) is 30.2. The Morgan fingerprint density at radius 2 is 1.50 bits per heavy atom. The van der Waals surface area contributed by atoms with Crippen molar-refractivity contribution in [3.05, 3.63) is 70.5 Å². The van der Waals surface area contributed by atoms with Gasteiger partial charge in [-0.2, -0.15) is 26.3 Å². The smallest absolute Gasteiger partial charge is 0.341 e. The summed E-state index contributed by atoms with van der Waals surface area (Å²) in [5, 5.41) is 0. The highest BCUT2D eigenvalue weighted by Crippen LogP contribution is 2.36. The van der Waals surface area contributed by atoms with Crippen molar-refractivity contribution < 1.29 is 40.3 Å². The number of hydrogen-bond donors (Lipinski definition) is 0. The van der Waals surface area contributed by atoms with E-state index in [4.69, 9.17) is 0 Å². The van der Waals surface area contributed by atoms with Gasteiger partial charge in [0.2, 0.25) is 0 Å². The van der Waals surface area contributed by atoms with Gasteiger partial charge in [0.05, 0.1) is 11.1 Å². The van der Waals surface area contributed by atoms with Crippen molar-refractivity contribution in [2.45, 2.75) is 43.6 Å². The Morgan fingerprint density at radius 3 is 2.02 bits per heavy atom. The van der Waals surface area contributed by atoms with Crippen LogP contribution in [0.4, 0.5) is 30.7 Å². The maximum absolute atomic E-state index is 13.6. The zero-order valence-corrected chi connectivity index (χ0v) is 21.9. The molecule has 5 nitrogen and oxygen atoms in total. The third-order valence-electron chi connectivity index (χ3n) is 7.62. The average Bonchev–Trinajstić information content (AvgIpc) is 2.86. The van der Waals surface area contributed by atoms with Gasteiger partial charge in [0.25, 0.3) is 5.91 Å². The maximum Gasteiger partial charge on any atom is 0.416 e. The number of likely N-dealkylation sites (N-methyl/N-ethyl adjacent to an activating group) is 1. The lowest BCUT2D eigenvalue weighted by atomic mass is 9.93. The van der Waals surface area contributed by atoms with Gasteiger partial charge in [-0.3, -0.25) is 14.5 Å². The Kier molecular flexibility index (Phi) is 8.89. The molecule has 0 radical (unpaired) electrons. The van der Waals surface area contributed by atoms with Gasteiger partial charge in [-0.05, 0) is 48.9 Å². The number of amides is 1. The van der Waals surface area contributed by atoms with Crippen LogP contribution in [0, 0.1) is 5.82 Å². The van der Waals surface area contributed by atoms with Crippen molar-refractivity contribution in [2.75, 3.05) is 46.3 Å². The molecule has 2 heterocycles. The molecule has 0 bridgehead atoms. The summed E-state index contributed by atoms with van der Waals surface area (Å²) in [6, 6.07) is 6.85. The molecule has 2 aliphatic rings. The Balaban J connectivity index is 1.45. The first-order valence-electron chi connectivity index (χ1n) is 13.0. The van der Waals surface area contributed by atoms with Crippen molar-refractivity contribution >= 4 is 11.7 Å². The number of likely N-dealkylation sites (tertiary alicyclic amines) is 2. The fourth-order valence-electron chi connectivity index (χ4n) is 5.24. The van der Waals surface area contributed by atoms with E-state index in [9.17, 15) is 40.3 Å². The highest BCUT2D eigenvalue weighted by atomic mass is 19.4. The molecule has 0 aromatic heterocycles. The normalized spacial score (nSPS) is 18.4. The number of rotatable bonds is 8. The van der Waals surface area contributed by atoms with Gasteiger partial charge < -0.3 is 9.80 Å². The molecule has 0 N–H and O–H groups in total. The predicted molar refractivity (Wildman–Crippen MR) is 133 cm³/mol. The van der Waals surface area contributed by atoms with Crippen LogP contribution < -0.4 is 0 Å². The van der Waals surface area contributed by atoms with E-state index < -0.39 is 40.8 Å².